The van der Waals surface area contributed by atoms with E-state index in [9.17, 15) is 13.2 Å². The smallest absolute Gasteiger partial charge is 0.241 e. The van der Waals surface area contributed by atoms with Gasteiger partial charge in [-0.1, -0.05) is 29.8 Å². The second-order valence-electron chi connectivity index (χ2n) is 6.97. The maximum absolute atomic E-state index is 13.0. The van der Waals surface area contributed by atoms with Crippen molar-refractivity contribution >= 4 is 15.9 Å². The summed E-state index contributed by atoms with van der Waals surface area (Å²) in [7, 11) is 0.666. The first kappa shape index (κ1) is 24.6. The van der Waals surface area contributed by atoms with Gasteiger partial charge in [0.2, 0.25) is 15.9 Å². The van der Waals surface area contributed by atoms with Crippen LogP contribution in [0.5, 0.6) is 11.5 Å². The zero-order chi connectivity index (χ0) is 22.9. The minimum absolute atomic E-state index is 0.110. The van der Waals surface area contributed by atoms with Crippen molar-refractivity contribution in [3.63, 3.8) is 0 Å². The molecule has 2 aromatic carbocycles. The molecule has 2 N–H and O–H groups in total. The molecule has 0 saturated carbocycles. The van der Waals surface area contributed by atoms with Crippen LogP contribution in [-0.4, -0.2) is 48.8 Å². The maximum atomic E-state index is 13.0. The van der Waals surface area contributed by atoms with Crippen molar-refractivity contribution in [3.05, 3.63) is 53.6 Å². The normalized spacial score (nSPS) is 12.3. The SMILES string of the molecule is COCCCNC(=O)C[C@@H](NS(=O)(=O)c1ccc(C)cc1)c1cccc(OC)c1OC. The van der Waals surface area contributed by atoms with Crippen molar-refractivity contribution in [3.8, 4) is 11.5 Å². The third kappa shape index (κ3) is 6.95. The number of para-hydroxylation sites is 1. The van der Waals surface area contributed by atoms with E-state index in [0.29, 0.717) is 36.6 Å². The van der Waals surface area contributed by atoms with Gasteiger partial charge in [0.25, 0.3) is 0 Å². The third-order valence-electron chi connectivity index (χ3n) is 4.67. The monoisotopic (exact) mass is 450 g/mol. The largest absolute Gasteiger partial charge is 0.493 e. The molecule has 0 aliphatic rings. The molecule has 2 rings (SSSR count). The molecule has 0 aromatic heterocycles. The third-order valence-corrected chi connectivity index (χ3v) is 6.16. The molecule has 170 valence electrons. The lowest BCUT2D eigenvalue weighted by molar-refractivity contribution is -0.121. The van der Waals surface area contributed by atoms with Gasteiger partial charge in [-0.3, -0.25) is 4.79 Å². The minimum atomic E-state index is -3.89. The molecule has 0 unspecified atom stereocenters. The van der Waals surface area contributed by atoms with Gasteiger partial charge < -0.3 is 19.5 Å². The van der Waals surface area contributed by atoms with Crippen LogP contribution in [0, 0.1) is 6.92 Å². The molecule has 0 aliphatic heterocycles. The lowest BCUT2D eigenvalue weighted by Gasteiger charge is -2.22. The standard InChI is InChI=1S/C22H30N2O6S/c1-16-9-11-17(12-10-16)31(26,27)24-19(15-21(25)23-13-6-14-28-2)18-7-5-8-20(29-3)22(18)30-4/h5,7-12,19,24H,6,13-15H2,1-4H3,(H,23,25)/t19-/m1/s1. The van der Waals surface area contributed by atoms with E-state index in [4.69, 9.17) is 14.2 Å². The summed E-state index contributed by atoms with van der Waals surface area (Å²) in [5.41, 5.74) is 1.45. The van der Waals surface area contributed by atoms with E-state index in [2.05, 4.69) is 10.0 Å². The molecular weight excluding hydrogens is 420 g/mol. The summed E-state index contributed by atoms with van der Waals surface area (Å²) in [6, 6.07) is 10.8. The van der Waals surface area contributed by atoms with Crippen LogP contribution in [0.2, 0.25) is 0 Å². The van der Waals surface area contributed by atoms with Crippen molar-refractivity contribution in [2.75, 3.05) is 34.5 Å². The first-order valence-electron chi connectivity index (χ1n) is 9.88. The van der Waals surface area contributed by atoms with E-state index >= 15 is 0 Å². The van der Waals surface area contributed by atoms with E-state index < -0.39 is 16.1 Å². The summed E-state index contributed by atoms with van der Waals surface area (Å²) in [6.45, 7) is 2.83. The molecule has 0 saturated heterocycles. The molecule has 1 atom stereocenters. The van der Waals surface area contributed by atoms with Crippen LogP contribution in [0.4, 0.5) is 0 Å². The molecule has 0 spiro atoms. The molecular formula is C22H30N2O6S. The highest BCUT2D eigenvalue weighted by atomic mass is 32.2. The van der Waals surface area contributed by atoms with Crippen LogP contribution < -0.4 is 19.5 Å². The van der Waals surface area contributed by atoms with Gasteiger partial charge in [0.1, 0.15) is 0 Å². The Bertz CT molecular complexity index is 960. The predicted molar refractivity (Wildman–Crippen MR) is 118 cm³/mol. The first-order valence-corrected chi connectivity index (χ1v) is 11.4. The Balaban J connectivity index is 2.34. The number of hydrogen-bond acceptors (Lipinski definition) is 6. The van der Waals surface area contributed by atoms with E-state index in [1.807, 2.05) is 6.92 Å². The number of benzene rings is 2. The number of amides is 1. The summed E-state index contributed by atoms with van der Waals surface area (Å²) in [6.07, 6.45) is 0.548. The zero-order valence-electron chi connectivity index (χ0n) is 18.3. The van der Waals surface area contributed by atoms with E-state index in [-0.39, 0.29) is 17.2 Å². The average Bonchev–Trinajstić information content (AvgIpc) is 2.75. The Hall–Kier alpha value is -2.62. The Morgan fingerprint density at radius 1 is 1.03 bits per heavy atom. The van der Waals surface area contributed by atoms with Crippen LogP contribution in [0.1, 0.15) is 30.0 Å². The average molecular weight is 451 g/mol. The quantitative estimate of drug-likeness (QED) is 0.482. The molecule has 2 aromatic rings. The minimum Gasteiger partial charge on any atom is -0.493 e. The predicted octanol–water partition coefficient (Wildman–Crippen LogP) is 2.57. The van der Waals surface area contributed by atoms with Crippen LogP contribution in [0.25, 0.3) is 0 Å². The molecule has 31 heavy (non-hydrogen) atoms. The van der Waals surface area contributed by atoms with Crippen LogP contribution in [0.3, 0.4) is 0 Å². The second kappa shape index (κ2) is 11.7. The molecule has 0 heterocycles. The highest BCUT2D eigenvalue weighted by Gasteiger charge is 2.27. The van der Waals surface area contributed by atoms with Crippen molar-refractivity contribution in [1.82, 2.24) is 10.0 Å². The number of carbonyl (C=O) groups excluding carboxylic acids is 1. The van der Waals surface area contributed by atoms with Gasteiger partial charge in [0, 0.05) is 32.2 Å². The van der Waals surface area contributed by atoms with E-state index in [1.54, 1.807) is 37.4 Å². The molecule has 0 radical (unpaired) electrons. The zero-order valence-corrected chi connectivity index (χ0v) is 19.1. The van der Waals surface area contributed by atoms with Gasteiger partial charge in [-0.05, 0) is 31.5 Å². The molecule has 1 amide bonds. The highest BCUT2D eigenvalue weighted by molar-refractivity contribution is 7.89. The fraction of sp³-hybridized carbons (Fsp3) is 0.409. The topological polar surface area (TPSA) is 103 Å². The van der Waals surface area contributed by atoms with Gasteiger partial charge in [-0.25, -0.2) is 13.1 Å². The van der Waals surface area contributed by atoms with Gasteiger partial charge >= 0.3 is 0 Å². The Morgan fingerprint density at radius 3 is 2.35 bits per heavy atom. The van der Waals surface area contributed by atoms with Crippen molar-refractivity contribution in [2.45, 2.75) is 30.7 Å². The fourth-order valence-corrected chi connectivity index (χ4v) is 4.29. The Kier molecular flexibility index (Phi) is 9.29. The lowest BCUT2D eigenvalue weighted by Crippen LogP contribution is -2.34. The second-order valence-corrected chi connectivity index (χ2v) is 8.68. The number of sulfonamides is 1. The summed E-state index contributed by atoms with van der Waals surface area (Å²) in [5.74, 6) is 0.520. The number of nitrogens with one attached hydrogen (secondary N) is 2. The first-order chi connectivity index (χ1) is 14.8. The molecule has 9 heteroatoms. The van der Waals surface area contributed by atoms with Crippen LogP contribution in [0.15, 0.2) is 47.4 Å². The summed E-state index contributed by atoms with van der Waals surface area (Å²) >= 11 is 0. The van der Waals surface area contributed by atoms with Crippen molar-refractivity contribution in [1.29, 1.82) is 0 Å². The van der Waals surface area contributed by atoms with E-state index in [0.717, 1.165) is 5.56 Å². The van der Waals surface area contributed by atoms with Crippen LogP contribution in [-0.2, 0) is 19.6 Å². The van der Waals surface area contributed by atoms with Gasteiger partial charge in [0.15, 0.2) is 11.5 Å². The number of methoxy groups -OCH3 is 3. The molecule has 0 aliphatic carbocycles. The number of ether oxygens (including phenoxy) is 3. The number of carbonyl (C=O) groups is 1. The Labute approximate surface area is 184 Å². The summed E-state index contributed by atoms with van der Waals surface area (Å²) in [4.78, 5) is 12.7. The summed E-state index contributed by atoms with van der Waals surface area (Å²) < 4.78 is 44.5. The lowest BCUT2D eigenvalue weighted by atomic mass is 10.0. The number of hydrogen-bond donors (Lipinski definition) is 2. The van der Waals surface area contributed by atoms with Crippen molar-refractivity contribution < 1.29 is 27.4 Å². The number of rotatable bonds is 12. The molecule has 0 fully saturated rings. The summed E-state index contributed by atoms with van der Waals surface area (Å²) in [5, 5.41) is 2.79. The highest BCUT2D eigenvalue weighted by Crippen LogP contribution is 2.36. The van der Waals surface area contributed by atoms with Crippen molar-refractivity contribution in [2.24, 2.45) is 0 Å². The maximum Gasteiger partial charge on any atom is 0.241 e. The van der Waals surface area contributed by atoms with E-state index in [1.165, 1.54) is 26.4 Å². The van der Waals surface area contributed by atoms with Crippen LogP contribution >= 0.6 is 0 Å². The number of aryl methyl sites for hydroxylation is 1. The Morgan fingerprint density at radius 2 is 1.74 bits per heavy atom. The molecule has 0 bridgehead atoms. The van der Waals surface area contributed by atoms with Gasteiger partial charge in [-0.2, -0.15) is 0 Å². The molecule has 8 nitrogen and oxygen atoms in total. The van der Waals surface area contributed by atoms with Gasteiger partial charge in [-0.15, -0.1) is 0 Å². The fourth-order valence-electron chi connectivity index (χ4n) is 3.08. The van der Waals surface area contributed by atoms with Gasteiger partial charge in [0.05, 0.1) is 25.2 Å².